The van der Waals surface area contributed by atoms with Crippen LogP contribution in [0.4, 0.5) is 18.9 Å². The van der Waals surface area contributed by atoms with E-state index in [1.54, 1.807) is 29.1 Å². The van der Waals surface area contributed by atoms with Crippen molar-refractivity contribution in [1.82, 2.24) is 19.6 Å². The third-order valence-electron chi connectivity index (χ3n) is 3.85. The Morgan fingerprint density at radius 2 is 2.04 bits per heavy atom. The van der Waals surface area contributed by atoms with Crippen molar-refractivity contribution in [3.63, 3.8) is 0 Å². The monoisotopic (exact) mass is 431 g/mol. The number of hydrogen-bond acceptors (Lipinski definition) is 3. The fourth-order valence-corrected chi connectivity index (χ4v) is 2.95. The van der Waals surface area contributed by atoms with Gasteiger partial charge in [0.25, 0.3) is 0 Å². The van der Waals surface area contributed by atoms with Crippen molar-refractivity contribution in [1.29, 1.82) is 0 Å². The van der Waals surface area contributed by atoms with E-state index in [-0.39, 0.29) is 5.69 Å². The van der Waals surface area contributed by atoms with Crippen LogP contribution in [0.5, 0.6) is 0 Å². The van der Waals surface area contributed by atoms with Gasteiger partial charge in [0.05, 0.1) is 28.5 Å². The molecule has 2 aromatic heterocycles. The van der Waals surface area contributed by atoms with Crippen molar-refractivity contribution in [3.8, 4) is 0 Å². The third-order valence-corrected chi connectivity index (χ3v) is 4.50. The molecule has 1 N–H and O–H groups in total. The molecule has 3 rings (SSSR count). The minimum absolute atomic E-state index is 0.0634. The second-order valence-corrected chi connectivity index (χ2v) is 6.82. The van der Waals surface area contributed by atoms with Crippen LogP contribution in [0.3, 0.4) is 0 Å². The number of aromatic nitrogens is 4. The van der Waals surface area contributed by atoms with Gasteiger partial charge in [0.1, 0.15) is 6.54 Å². The smallest absolute Gasteiger partial charge is 0.324 e. The number of carbonyl (C=O) groups is 1. The zero-order chi connectivity index (χ0) is 20.5. The first kappa shape index (κ1) is 20.2. The third kappa shape index (κ3) is 4.66. The van der Waals surface area contributed by atoms with E-state index < -0.39 is 29.3 Å². The molecule has 0 aliphatic rings. The minimum Gasteiger partial charge on any atom is -0.324 e. The van der Waals surface area contributed by atoms with Crippen LogP contribution < -0.4 is 5.32 Å². The van der Waals surface area contributed by atoms with Crippen molar-refractivity contribution in [2.75, 3.05) is 5.32 Å². The number of benzene rings is 1. The normalized spacial score (nSPS) is 11.6. The van der Waals surface area contributed by atoms with E-state index >= 15 is 0 Å². The Morgan fingerprint density at radius 1 is 1.29 bits per heavy atom. The SMILES string of the molecule is Cc1c(Cl)c(C(F)(F)F)nn1CC(=O)Nc1cccc(Cn2cc(Cl)cn2)c1. The first-order valence-corrected chi connectivity index (χ1v) is 8.76. The van der Waals surface area contributed by atoms with E-state index in [9.17, 15) is 18.0 Å². The molecule has 6 nitrogen and oxygen atoms in total. The maximum Gasteiger partial charge on any atom is 0.436 e. The minimum atomic E-state index is -4.69. The number of alkyl halides is 3. The predicted molar refractivity (Wildman–Crippen MR) is 98.4 cm³/mol. The van der Waals surface area contributed by atoms with Gasteiger partial charge in [-0.3, -0.25) is 14.2 Å². The maximum atomic E-state index is 12.9. The molecule has 0 aliphatic heterocycles. The predicted octanol–water partition coefficient (Wildman–Crippen LogP) is 4.40. The summed E-state index contributed by atoms with van der Waals surface area (Å²) in [4.78, 5) is 12.2. The molecular formula is C17H14Cl2F3N5O. The maximum absolute atomic E-state index is 12.9. The van der Waals surface area contributed by atoms with Crippen LogP contribution in [0, 0.1) is 6.92 Å². The molecule has 0 aliphatic carbocycles. The number of hydrogen-bond donors (Lipinski definition) is 1. The molecule has 0 fully saturated rings. The van der Waals surface area contributed by atoms with Gasteiger partial charge in [-0.05, 0) is 24.6 Å². The number of halogens is 5. The average molecular weight is 432 g/mol. The molecule has 0 atom stereocenters. The number of anilines is 1. The van der Waals surface area contributed by atoms with Crippen LogP contribution in [-0.4, -0.2) is 25.5 Å². The molecule has 11 heteroatoms. The lowest BCUT2D eigenvalue weighted by atomic mass is 10.2. The summed E-state index contributed by atoms with van der Waals surface area (Å²) in [6, 6.07) is 6.99. The Kier molecular flexibility index (Phi) is 5.66. The Morgan fingerprint density at radius 3 is 2.64 bits per heavy atom. The average Bonchev–Trinajstić information content (AvgIpc) is 3.12. The number of amides is 1. The fourth-order valence-electron chi connectivity index (χ4n) is 2.56. The topological polar surface area (TPSA) is 64.7 Å². The number of rotatable bonds is 5. The number of nitrogens with zero attached hydrogens (tertiary/aromatic N) is 4. The summed E-state index contributed by atoms with van der Waals surface area (Å²) in [5, 5.41) is 10.1. The van der Waals surface area contributed by atoms with Gasteiger partial charge in [0.2, 0.25) is 5.91 Å². The molecule has 2 heterocycles. The molecule has 3 aromatic rings. The summed E-state index contributed by atoms with van der Waals surface area (Å²) in [6.45, 7) is 1.41. The van der Waals surface area contributed by atoms with Crippen LogP contribution in [0.2, 0.25) is 10.0 Å². The van der Waals surface area contributed by atoms with Crippen molar-refractivity contribution in [2.24, 2.45) is 0 Å². The van der Waals surface area contributed by atoms with Gasteiger partial charge < -0.3 is 5.32 Å². The summed E-state index contributed by atoms with van der Waals surface area (Å²) in [5.41, 5.74) is 0.204. The fraction of sp³-hybridized carbons (Fsp3) is 0.235. The Hall–Kier alpha value is -2.52. The van der Waals surface area contributed by atoms with E-state index in [1.807, 2.05) is 6.07 Å². The van der Waals surface area contributed by atoms with Crippen molar-refractivity contribution in [3.05, 3.63) is 63.7 Å². The van der Waals surface area contributed by atoms with E-state index in [1.165, 1.54) is 13.1 Å². The molecule has 1 aromatic carbocycles. The molecule has 0 spiro atoms. The summed E-state index contributed by atoms with van der Waals surface area (Å²) in [6.07, 6.45) is -1.51. The lowest BCUT2D eigenvalue weighted by Crippen LogP contribution is -2.21. The highest BCUT2D eigenvalue weighted by Gasteiger charge is 2.38. The highest BCUT2D eigenvalue weighted by molar-refractivity contribution is 6.32. The molecule has 0 unspecified atom stereocenters. The largest absolute Gasteiger partial charge is 0.436 e. The highest BCUT2D eigenvalue weighted by Crippen LogP contribution is 2.35. The summed E-state index contributed by atoms with van der Waals surface area (Å²) in [7, 11) is 0. The van der Waals surface area contributed by atoms with Gasteiger partial charge in [-0.15, -0.1) is 0 Å². The van der Waals surface area contributed by atoms with Crippen molar-refractivity contribution >= 4 is 34.8 Å². The zero-order valence-corrected chi connectivity index (χ0v) is 16.0. The van der Waals surface area contributed by atoms with Crippen LogP contribution in [0.15, 0.2) is 36.7 Å². The zero-order valence-electron chi connectivity index (χ0n) is 14.5. The van der Waals surface area contributed by atoms with E-state index in [0.717, 1.165) is 10.2 Å². The molecule has 0 saturated carbocycles. The molecule has 0 radical (unpaired) electrons. The number of carbonyl (C=O) groups excluding carboxylic acids is 1. The number of nitrogens with one attached hydrogen (secondary N) is 1. The standard InChI is InChI=1S/C17H14Cl2F3N5O/c1-10-15(19)16(17(20,21)22)25-27(10)9-14(28)24-13-4-2-3-11(5-13)7-26-8-12(18)6-23-26/h2-6,8H,7,9H2,1H3,(H,24,28). The van der Waals surface area contributed by atoms with E-state index in [4.69, 9.17) is 23.2 Å². The summed E-state index contributed by atoms with van der Waals surface area (Å²) < 4.78 is 41.2. The van der Waals surface area contributed by atoms with Crippen molar-refractivity contribution < 1.29 is 18.0 Å². The van der Waals surface area contributed by atoms with Crippen LogP contribution >= 0.6 is 23.2 Å². The molecule has 28 heavy (non-hydrogen) atoms. The molecule has 0 saturated heterocycles. The second kappa shape index (κ2) is 7.84. The summed E-state index contributed by atoms with van der Waals surface area (Å²) >= 11 is 11.5. The van der Waals surface area contributed by atoms with Gasteiger partial charge in [-0.2, -0.15) is 23.4 Å². The van der Waals surface area contributed by atoms with Crippen LogP contribution in [0.25, 0.3) is 0 Å². The first-order valence-electron chi connectivity index (χ1n) is 8.00. The van der Waals surface area contributed by atoms with Gasteiger partial charge >= 0.3 is 6.18 Å². The van der Waals surface area contributed by atoms with Crippen LogP contribution in [-0.2, 0) is 24.1 Å². The van der Waals surface area contributed by atoms with Crippen molar-refractivity contribution in [2.45, 2.75) is 26.2 Å². The van der Waals surface area contributed by atoms with E-state index in [0.29, 0.717) is 17.3 Å². The molecule has 148 valence electrons. The summed E-state index contributed by atoms with van der Waals surface area (Å²) in [5.74, 6) is -0.532. The molecular weight excluding hydrogens is 418 g/mol. The quantitative estimate of drug-likeness (QED) is 0.650. The Balaban J connectivity index is 1.69. The first-order chi connectivity index (χ1) is 13.1. The van der Waals surface area contributed by atoms with Gasteiger partial charge in [-0.1, -0.05) is 35.3 Å². The lowest BCUT2D eigenvalue weighted by Gasteiger charge is -2.09. The Bertz CT molecular complexity index is 1010. The Labute approximate surface area is 167 Å². The molecule has 0 bridgehead atoms. The van der Waals surface area contributed by atoms with Gasteiger partial charge in [-0.25, -0.2) is 0 Å². The van der Waals surface area contributed by atoms with Crippen LogP contribution in [0.1, 0.15) is 17.0 Å². The second-order valence-electron chi connectivity index (χ2n) is 6.01. The van der Waals surface area contributed by atoms with Gasteiger partial charge in [0, 0.05) is 11.9 Å². The van der Waals surface area contributed by atoms with E-state index in [2.05, 4.69) is 15.5 Å². The molecule has 1 amide bonds. The van der Waals surface area contributed by atoms with Gasteiger partial charge in [0.15, 0.2) is 5.69 Å². The highest BCUT2D eigenvalue weighted by atomic mass is 35.5. The lowest BCUT2D eigenvalue weighted by molar-refractivity contribution is -0.141.